The average Bonchev–Trinajstić information content (AvgIpc) is 3.04. The number of hydrogen-bond acceptors (Lipinski definition) is 7. The molecule has 7 nitrogen and oxygen atoms in total. The topological polar surface area (TPSA) is 77.5 Å². The van der Waals surface area contributed by atoms with E-state index in [2.05, 4.69) is 20.6 Å². The first kappa shape index (κ1) is 16.3. The maximum Gasteiger partial charge on any atom is 0.231 e. The number of aryl methyl sites for hydroxylation is 1. The van der Waals surface area contributed by atoms with Gasteiger partial charge in [0.25, 0.3) is 0 Å². The largest absolute Gasteiger partial charge is 0.454 e. The number of anilines is 2. The summed E-state index contributed by atoms with van der Waals surface area (Å²) in [5.41, 5.74) is 2.01. The van der Waals surface area contributed by atoms with Gasteiger partial charge in [-0.05, 0) is 31.0 Å². The van der Waals surface area contributed by atoms with Gasteiger partial charge in [0.1, 0.15) is 5.82 Å². The standard InChI is InChI=1S/C17H22N4O3/c1-12-8-16(21-17(20-12)18-6-3-7-22-2)19-10-13-4-5-14-15(9-13)24-11-23-14/h4-5,8-9H,3,6-7,10-11H2,1-2H3,(H2,18,19,20,21). The molecular weight excluding hydrogens is 308 g/mol. The highest BCUT2D eigenvalue weighted by molar-refractivity contribution is 5.47. The van der Waals surface area contributed by atoms with Crippen LogP contribution in [-0.2, 0) is 11.3 Å². The zero-order valence-corrected chi connectivity index (χ0v) is 14.0. The summed E-state index contributed by atoms with van der Waals surface area (Å²) in [7, 11) is 1.70. The number of ether oxygens (including phenoxy) is 3. The van der Waals surface area contributed by atoms with E-state index < -0.39 is 0 Å². The van der Waals surface area contributed by atoms with Crippen molar-refractivity contribution in [3.05, 3.63) is 35.5 Å². The molecule has 2 heterocycles. The van der Waals surface area contributed by atoms with E-state index in [1.165, 1.54) is 0 Å². The summed E-state index contributed by atoms with van der Waals surface area (Å²) in [6.45, 7) is 4.38. The van der Waals surface area contributed by atoms with Crippen LogP contribution in [0.15, 0.2) is 24.3 Å². The van der Waals surface area contributed by atoms with Gasteiger partial charge in [-0.2, -0.15) is 4.98 Å². The SMILES string of the molecule is COCCCNc1nc(C)cc(NCc2ccc3c(c2)OCO3)n1. The number of fused-ring (bicyclic) bond motifs is 1. The minimum Gasteiger partial charge on any atom is -0.454 e. The Morgan fingerprint density at radius 2 is 2.00 bits per heavy atom. The first-order valence-electron chi connectivity index (χ1n) is 7.95. The lowest BCUT2D eigenvalue weighted by Gasteiger charge is -2.10. The second kappa shape index (κ2) is 7.83. The zero-order chi connectivity index (χ0) is 16.8. The highest BCUT2D eigenvalue weighted by Gasteiger charge is 2.13. The third-order valence-electron chi connectivity index (χ3n) is 3.57. The van der Waals surface area contributed by atoms with Crippen molar-refractivity contribution in [3.8, 4) is 11.5 Å². The van der Waals surface area contributed by atoms with Crippen LogP contribution in [0.4, 0.5) is 11.8 Å². The van der Waals surface area contributed by atoms with Crippen molar-refractivity contribution in [2.24, 2.45) is 0 Å². The van der Waals surface area contributed by atoms with Crippen LogP contribution < -0.4 is 20.1 Å². The van der Waals surface area contributed by atoms with E-state index in [4.69, 9.17) is 14.2 Å². The lowest BCUT2D eigenvalue weighted by molar-refractivity contribution is 0.174. The number of rotatable bonds is 8. The highest BCUT2D eigenvalue weighted by Crippen LogP contribution is 2.32. The molecule has 0 saturated heterocycles. The first-order valence-corrected chi connectivity index (χ1v) is 7.95. The lowest BCUT2D eigenvalue weighted by Crippen LogP contribution is -2.10. The summed E-state index contributed by atoms with van der Waals surface area (Å²) in [5, 5.41) is 6.54. The van der Waals surface area contributed by atoms with E-state index in [1.54, 1.807) is 7.11 Å². The smallest absolute Gasteiger partial charge is 0.231 e. The van der Waals surface area contributed by atoms with Crippen LogP contribution in [0, 0.1) is 6.92 Å². The summed E-state index contributed by atoms with van der Waals surface area (Å²) in [6, 6.07) is 7.84. The van der Waals surface area contributed by atoms with Crippen LogP contribution in [0.2, 0.25) is 0 Å². The van der Waals surface area contributed by atoms with E-state index in [9.17, 15) is 0 Å². The molecule has 0 radical (unpaired) electrons. The van der Waals surface area contributed by atoms with Gasteiger partial charge in [0.15, 0.2) is 11.5 Å². The van der Waals surface area contributed by atoms with Crippen LogP contribution in [0.25, 0.3) is 0 Å². The number of aromatic nitrogens is 2. The fraction of sp³-hybridized carbons (Fsp3) is 0.412. The van der Waals surface area contributed by atoms with Crippen molar-refractivity contribution in [3.63, 3.8) is 0 Å². The van der Waals surface area contributed by atoms with Crippen molar-refractivity contribution in [1.29, 1.82) is 0 Å². The third-order valence-corrected chi connectivity index (χ3v) is 3.57. The summed E-state index contributed by atoms with van der Waals surface area (Å²) in [6.07, 6.45) is 0.910. The van der Waals surface area contributed by atoms with Crippen molar-refractivity contribution in [2.75, 3.05) is 37.7 Å². The van der Waals surface area contributed by atoms with Crippen LogP contribution >= 0.6 is 0 Å². The molecule has 0 aliphatic carbocycles. The van der Waals surface area contributed by atoms with Crippen LogP contribution in [-0.4, -0.2) is 37.0 Å². The van der Waals surface area contributed by atoms with Crippen molar-refractivity contribution >= 4 is 11.8 Å². The first-order chi connectivity index (χ1) is 11.7. The monoisotopic (exact) mass is 330 g/mol. The summed E-state index contributed by atoms with van der Waals surface area (Å²) >= 11 is 0. The molecule has 24 heavy (non-hydrogen) atoms. The van der Waals surface area contributed by atoms with Gasteiger partial charge in [-0.1, -0.05) is 6.07 Å². The Hall–Kier alpha value is -2.54. The Labute approximate surface area is 141 Å². The Kier molecular flexibility index (Phi) is 5.32. The summed E-state index contributed by atoms with van der Waals surface area (Å²) in [5.74, 6) is 2.99. The molecule has 1 aromatic carbocycles. The number of hydrogen-bond donors (Lipinski definition) is 2. The molecule has 0 unspecified atom stereocenters. The molecule has 1 aromatic heterocycles. The van der Waals surface area contributed by atoms with E-state index in [1.807, 2.05) is 31.2 Å². The Bertz CT molecular complexity index is 694. The molecular formula is C17H22N4O3. The van der Waals surface area contributed by atoms with E-state index >= 15 is 0 Å². The van der Waals surface area contributed by atoms with Crippen molar-refractivity contribution < 1.29 is 14.2 Å². The molecule has 0 spiro atoms. The second-order valence-corrected chi connectivity index (χ2v) is 5.53. The molecule has 0 fully saturated rings. The molecule has 7 heteroatoms. The van der Waals surface area contributed by atoms with Crippen LogP contribution in [0.3, 0.4) is 0 Å². The molecule has 0 bridgehead atoms. The second-order valence-electron chi connectivity index (χ2n) is 5.53. The van der Waals surface area contributed by atoms with Gasteiger partial charge in [-0.25, -0.2) is 4.98 Å². The average molecular weight is 330 g/mol. The summed E-state index contributed by atoms with van der Waals surface area (Å²) in [4.78, 5) is 8.88. The van der Waals surface area contributed by atoms with Gasteiger partial charge in [0, 0.05) is 38.6 Å². The van der Waals surface area contributed by atoms with Gasteiger partial charge >= 0.3 is 0 Å². The Morgan fingerprint density at radius 3 is 2.88 bits per heavy atom. The van der Waals surface area contributed by atoms with Gasteiger partial charge in [-0.15, -0.1) is 0 Å². The lowest BCUT2D eigenvalue weighted by atomic mass is 10.2. The fourth-order valence-electron chi connectivity index (χ4n) is 2.40. The molecule has 0 amide bonds. The van der Waals surface area contributed by atoms with Gasteiger partial charge < -0.3 is 24.8 Å². The van der Waals surface area contributed by atoms with E-state index in [0.717, 1.165) is 41.5 Å². The normalized spacial score (nSPS) is 12.2. The molecule has 3 rings (SSSR count). The summed E-state index contributed by atoms with van der Waals surface area (Å²) < 4.78 is 15.8. The van der Waals surface area contributed by atoms with Gasteiger partial charge in [0.05, 0.1) is 0 Å². The maximum absolute atomic E-state index is 5.40. The Balaban J connectivity index is 1.59. The molecule has 128 valence electrons. The predicted octanol–water partition coefficient (Wildman–Crippen LogP) is 2.57. The minimum absolute atomic E-state index is 0.287. The van der Waals surface area contributed by atoms with Crippen molar-refractivity contribution in [2.45, 2.75) is 19.9 Å². The molecule has 0 saturated carbocycles. The zero-order valence-electron chi connectivity index (χ0n) is 14.0. The molecule has 1 aliphatic rings. The molecule has 2 aromatic rings. The Morgan fingerprint density at radius 1 is 1.12 bits per heavy atom. The molecule has 0 atom stereocenters. The number of methoxy groups -OCH3 is 1. The van der Waals surface area contributed by atoms with E-state index in [-0.39, 0.29) is 6.79 Å². The number of nitrogens with zero attached hydrogens (tertiary/aromatic N) is 2. The van der Waals surface area contributed by atoms with Gasteiger partial charge in [0.2, 0.25) is 12.7 Å². The van der Waals surface area contributed by atoms with Crippen molar-refractivity contribution in [1.82, 2.24) is 9.97 Å². The van der Waals surface area contributed by atoms with Gasteiger partial charge in [-0.3, -0.25) is 0 Å². The van der Waals surface area contributed by atoms with E-state index in [0.29, 0.717) is 19.1 Å². The fourth-order valence-corrected chi connectivity index (χ4v) is 2.40. The third kappa shape index (κ3) is 4.26. The van der Waals surface area contributed by atoms with Crippen LogP contribution in [0.5, 0.6) is 11.5 Å². The number of nitrogens with one attached hydrogen (secondary N) is 2. The predicted molar refractivity (Wildman–Crippen MR) is 91.6 cm³/mol. The highest BCUT2D eigenvalue weighted by atomic mass is 16.7. The maximum atomic E-state index is 5.40. The molecule has 1 aliphatic heterocycles. The molecule has 2 N–H and O–H groups in total. The number of benzene rings is 1. The quantitative estimate of drug-likeness (QED) is 0.720. The van der Waals surface area contributed by atoms with Crippen LogP contribution in [0.1, 0.15) is 17.7 Å². The minimum atomic E-state index is 0.287.